The molecular formula is C16H26N2O5. The van der Waals surface area contributed by atoms with E-state index in [4.69, 9.17) is 9.84 Å². The highest BCUT2D eigenvalue weighted by Gasteiger charge is 2.38. The van der Waals surface area contributed by atoms with Crippen molar-refractivity contribution in [1.29, 1.82) is 0 Å². The Bertz CT molecular complexity index is 448. The third kappa shape index (κ3) is 4.43. The number of hydrogen-bond acceptors (Lipinski definition) is 4. The highest BCUT2D eigenvalue weighted by atomic mass is 16.5. The molecule has 3 atom stereocenters. The lowest BCUT2D eigenvalue weighted by molar-refractivity contribution is -0.149. The summed E-state index contributed by atoms with van der Waals surface area (Å²) in [5.74, 6) is -1.88. The number of nitrogens with one attached hydrogen (secondary N) is 1. The van der Waals surface area contributed by atoms with Gasteiger partial charge in [-0.15, -0.1) is 0 Å². The zero-order valence-electron chi connectivity index (χ0n) is 13.6. The molecule has 0 aromatic carbocycles. The van der Waals surface area contributed by atoms with Gasteiger partial charge in [-0.25, -0.2) is 4.79 Å². The Morgan fingerprint density at radius 3 is 2.30 bits per heavy atom. The molecule has 0 aromatic rings. The van der Waals surface area contributed by atoms with E-state index in [2.05, 4.69) is 5.32 Å². The van der Waals surface area contributed by atoms with Crippen molar-refractivity contribution in [3.8, 4) is 0 Å². The molecule has 2 rings (SSSR count). The number of hydrogen-bond donors (Lipinski definition) is 2. The summed E-state index contributed by atoms with van der Waals surface area (Å²) in [6, 6.07) is 0. The van der Waals surface area contributed by atoms with Crippen molar-refractivity contribution in [3.63, 3.8) is 0 Å². The fourth-order valence-electron chi connectivity index (χ4n) is 3.51. The van der Waals surface area contributed by atoms with E-state index in [-0.39, 0.29) is 30.2 Å². The lowest BCUT2D eigenvalue weighted by Gasteiger charge is -2.32. The molecule has 2 aliphatic rings. The van der Waals surface area contributed by atoms with Gasteiger partial charge in [-0.3, -0.25) is 9.59 Å². The van der Waals surface area contributed by atoms with E-state index in [1.54, 1.807) is 0 Å². The number of rotatable bonds is 6. The number of carbonyl (C=O) groups is 3. The molecule has 0 spiro atoms. The number of carboxylic acid groups (broad SMARTS) is 1. The molecule has 0 bridgehead atoms. The van der Waals surface area contributed by atoms with Gasteiger partial charge in [0.1, 0.15) is 0 Å². The Kier molecular flexibility index (Phi) is 6.38. The standard InChI is InChI=1S/C16H26N2O5/c1-23-13(16(21)22)10-17-14(19)11-6-2-3-7-12(11)15(20)18-8-4-5-9-18/h11-13H,2-10H2,1H3,(H,17,19)(H,21,22). The molecule has 7 heteroatoms. The van der Waals surface area contributed by atoms with Crippen LogP contribution < -0.4 is 5.32 Å². The first-order chi connectivity index (χ1) is 11.0. The average molecular weight is 326 g/mol. The molecule has 1 saturated carbocycles. The second-order valence-electron chi connectivity index (χ2n) is 6.34. The van der Waals surface area contributed by atoms with Gasteiger partial charge < -0.3 is 20.1 Å². The molecule has 23 heavy (non-hydrogen) atoms. The summed E-state index contributed by atoms with van der Waals surface area (Å²) in [5, 5.41) is 11.6. The number of likely N-dealkylation sites (tertiary alicyclic amines) is 1. The van der Waals surface area contributed by atoms with E-state index >= 15 is 0 Å². The zero-order valence-corrected chi connectivity index (χ0v) is 13.6. The van der Waals surface area contributed by atoms with Gasteiger partial charge >= 0.3 is 5.97 Å². The second kappa shape index (κ2) is 8.29. The van der Waals surface area contributed by atoms with Gasteiger partial charge in [0, 0.05) is 32.0 Å². The summed E-state index contributed by atoms with van der Waals surface area (Å²) >= 11 is 0. The van der Waals surface area contributed by atoms with Gasteiger partial charge in [0.15, 0.2) is 6.10 Å². The van der Waals surface area contributed by atoms with E-state index in [0.29, 0.717) is 6.42 Å². The highest BCUT2D eigenvalue weighted by molar-refractivity contribution is 5.88. The summed E-state index contributed by atoms with van der Waals surface area (Å²) < 4.78 is 4.82. The summed E-state index contributed by atoms with van der Waals surface area (Å²) in [5.41, 5.74) is 0. The van der Waals surface area contributed by atoms with E-state index in [9.17, 15) is 14.4 Å². The maximum absolute atomic E-state index is 12.6. The maximum Gasteiger partial charge on any atom is 0.334 e. The van der Waals surface area contributed by atoms with Crippen LogP contribution in [0.2, 0.25) is 0 Å². The third-order valence-corrected chi connectivity index (χ3v) is 4.86. The second-order valence-corrected chi connectivity index (χ2v) is 6.34. The van der Waals surface area contributed by atoms with Crippen molar-refractivity contribution in [2.45, 2.75) is 44.6 Å². The van der Waals surface area contributed by atoms with E-state index in [1.165, 1.54) is 7.11 Å². The number of aliphatic carboxylic acids is 1. The lowest BCUT2D eigenvalue weighted by atomic mass is 9.78. The van der Waals surface area contributed by atoms with Crippen molar-refractivity contribution < 1.29 is 24.2 Å². The molecule has 1 saturated heterocycles. The molecule has 0 aromatic heterocycles. The van der Waals surface area contributed by atoms with Crippen LogP contribution in [0.1, 0.15) is 38.5 Å². The molecule has 3 unspecified atom stereocenters. The predicted molar refractivity (Wildman–Crippen MR) is 82.7 cm³/mol. The maximum atomic E-state index is 12.6. The summed E-state index contributed by atoms with van der Waals surface area (Å²) in [4.78, 5) is 37.9. The fraction of sp³-hybridized carbons (Fsp3) is 0.812. The quantitative estimate of drug-likeness (QED) is 0.746. The predicted octanol–water partition coefficient (Wildman–Crippen LogP) is 0.631. The van der Waals surface area contributed by atoms with Gasteiger partial charge in [-0.1, -0.05) is 12.8 Å². The minimum Gasteiger partial charge on any atom is -0.479 e. The monoisotopic (exact) mass is 326 g/mol. The topological polar surface area (TPSA) is 95.9 Å². The van der Waals surface area contributed by atoms with Crippen molar-refractivity contribution >= 4 is 17.8 Å². The van der Waals surface area contributed by atoms with Gasteiger partial charge in [0.25, 0.3) is 0 Å². The largest absolute Gasteiger partial charge is 0.479 e. The SMILES string of the molecule is COC(CNC(=O)C1CCCCC1C(=O)N1CCCC1)C(=O)O. The molecular weight excluding hydrogens is 300 g/mol. The Morgan fingerprint density at radius 2 is 1.74 bits per heavy atom. The molecule has 1 aliphatic carbocycles. The number of nitrogens with zero attached hydrogens (tertiary/aromatic N) is 1. The van der Waals surface area contributed by atoms with Crippen LogP contribution in [0, 0.1) is 11.8 Å². The number of carbonyl (C=O) groups excluding carboxylic acids is 2. The zero-order chi connectivity index (χ0) is 16.8. The molecule has 7 nitrogen and oxygen atoms in total. The van der Waals surface area contributed by atoms with Crippen LogP contribution in [0.3, 0.4) is 0 Å². The molecule has 0 radical (unpaired) electrons. The first kappa shape index (κ1) is 17.7. The first-order valence-electron chi connectivity index (χ1n) is 8.36. The molecule has 2 fully saturated rings. The van der Waals surface area contributed by atoms with Crippen LogP contribution in [0.5, 0.6) is 0 Å². The summed E-state index contributed by atoms with van der Waals surface area (Å²) in [6.07, 6.45) is 4.31. The molecule has 1 heterocycles. The van der Waals surface area contributed by atoms with Crippen molar-refractivity contribution in [3.05, 3.63) is 0 Å². The van der Waals surface area contributed by atoms with Crippen LogP contribution >= 0.6 is 0 Å². The molecule has 2 N–H and O–H groups in total. The van der Waals surface area contributed by atoms with Crippen LogP contribution in [-0.4, -0.2) is 60.6 Å². The summed E-state index contributed by atoms with van der Waals surface area (Å²) in [7, 11) is 1.30. The van der Waals surface area contributed by atoms with Crippen molar-refractivity contribution in [2.75, 3.05) is 26.7 Å². The van der Waals surface area contributed by atoms with Crippen molar-refractivity contribution in [1.82, 2.24) is 10.2 Å². The van der Waals surface area contributed by atoms with E-state index < -0.39 is 12.1 Å². The Hall–Kier alpha value is -1.63. The molecule has 2 amide bonds. The highest BCUT2D eigenvalue weighted by Crippen LogP contribution is 2.32. The van der Waals surface area contributed by atoms with E-state index in [1.807, 2.05) is 4.90 Å². The lowest BCUT2D eigenvalue weighted by Crippen LogP contribution is -2.47. The number of ether oxygens (including phenoxy) is 1. The normalized spacial score (nSPS) is 25.9. The van der Waals surface area contributed by atoms with Crippen LogP contribution in [0.15, 0.2) is 0 Å². The minimum absolute atomic E-state index is 0.0776. The smallest absolute Gasteiger partial charge is 0.334 e. The van der Waals surface area contributed by atoms with Crippen LogP contribution in [-0.2, 0) is 19.1 Å². The van der Waals surface area contributed by atoms with E-state index in [0.717, 1.165) is 45.2 Å². The van der Waals surface area contributed by atoms with Gasteiger partial charge in [-0.2, -0.15) is 0 Å². The number of amides is 2. The summed E-state index contributed by atoms with van der Waals surface area (Å²) in [6.45, 7) is 1.49. The minimum atomic E-state index is -1.11. The van der Waals surface area contributed by atoms with Crippen molar-refractivity contribution in [2.24, 2.45) is 11.8 Å². The van der Waals surface area contributed by atoms with Crippen LogP contribution in [0.4, 0.5) is 0 Å². The number of carboxylic acids is 1. The fourth-order valence-corrected chi connectivity index (χ4v) is 3.51. The number of methoxy groups -OCH3 is 1. The Balaban J connectivity index is 1.95. The third-order valence-electron chi connectivity index (χ3n) is 4.86. The van der Waals surface area contributed by atoms with Gasteiger partial charge in [-0.05, 0) is 25.7 Å². The molecule has 130 valence electrons. The Labute approximate surface area is 136 Å². The average Bonchev–Trinajstić information content (AvgIpc) is 3.08. The van der Waals surface area contributed by atoms with Gasteiger partial charge in [0.05, 0.1) is 6.54 Å². The Morgan fingerprint density at radius 1 is 1.13 bits per heavy atom. The van der Waals surface area contributed by atoms with Gasteiger partial charge in [0.2, 0.25) is 11.8 Å². The van der Waals surface area contributed by atoms with Crippen LogP contribution in [0.25, 0.3) is 0 Å². The molecule has 1 aliphatic heterocycles. The first-order valence-corrected chi connectivity index (χ1v) is 8.36.